The third-order valence-electron chi connectivity index (χ3n) is 2.58. The molecule has 0 bridgehead atoms. The summed E-state index contributed by atoms with van der Waals surface area (Å²) in [6, 6.07) is 6.14. The molecule has 2 heterocycles. The first kappa shape index (κ1) is 12.7. The van der Waals surface area contributed by atoms with E-state index in [0.29, 0.717) is 5.56 Å². The van der Waals surface area contributed by atoms with Crippen molar-refractivity contribution < 1.29 is 0 Å². The maximum atomic E-state index is 9.22. The Bertz CT molecular complexity index is 637. The van der Waals surface area contributed by atoms with Crippen LogP contribution in [-0.4, -0.2) is 14.8 Å². The van der Waals surface area contributed by atoms with E-state index in [-0.39, 0.29) is 0 Å². The van der Waals surface area contributed by atoms with E-state index in [1.54, 1.807) is 4.68 Å². The number of pyridine rings is 1. The summed E-state index contributed by atoms with van der Waals surface area (Å²) in [5, 5.41) is 15.2. The van der Waals surface area contributed by atoms with Crippen LogP contribution in [0.4, 0.5) is 0 Å². The van der Waals surface area contributed by atoms with Crippen molar-refractivity contribution in [3.8, 4) is 6.07 Å². The van der Waals surface area contributed by atoms with Gasteiger partial charge >= 0.3 is 0 Å². The standard InChI is InChI=1S/C13H14N4S/c1-8-5-9(2)15-13(11(8)7-14)18-12-6-10(3)16-17(12)4/h5-6H,1-4H3. The van der Waals surface area contributed by atoms with Crippen molar-refractivity contribution in [1.82, 2.24) is 14.8 Å². The highest BCUT2D eigenvalue weighted by Crippen LogP contribution is 2.30. The zero-order chi connectivity index (χ0) is 13.3. The second-order valence-corrected chi connectivity index (χ2v) is 5.23. The lowest BCUT2D eigenvalue weighted by Crippen LogP contribution is -1.97. The number of nitrogens with zero attached hydrogens (tertiary/aromatic N) is 4. The molecule has 18 heavy (non-hydrogen) atoms. The third-order valence-corrected chi connectivity index (χ3v) is 3.66. The quantitative estimate of drug-likeness (QED) is 0.831. The number of rotatable bonds is 2. The number of aryl methyl sites for hydroxylation is 4. The van der Waals surface area contributed by atoms with E-state index in [9.17, 15) is 5.26 Å². The normalized spacial score (nSPS) is 10.4. The molecule has 2 rings (SSSR count). The van der Waals surface area contributed by atoms with E-state index in [1.165, 1.54) is 11.8 Å². The Morgan fingerprint density at radius 1 is 1.22 bits per heavy atom. The fraction of sp³-hybridized carbons (Fsp3) is 0.308. The van der Waals surface area contributed by atoms with E-state index < -0.39 is 0 Å². The van der Waals surface area contributed by atoms with Gasteiger partial charge < -0.3 is 0 Å². The Labute approximate surface area is 111 Å². The minimum Gasteiger partial charge on any atom is -0.261 e. The summed E-state index contributed by atoms with van der Waals surface area (Å²) in [7, 11) is 1.89. The first-order valence-electron chi connectivity index (χ1n) is 5.58. The molecule has 0 amide bonds. The molecule has 0 aliphatic heterocycles. The highest BCUT2D eigenvalue weighted by atomic mass is 32.2. The summed E-state index contributed by atoms with van der Waals surface area (Å²) in [6.07, 6.45) is 0. The second-order valence-electron chi connectivity index (χ2n) is 4.22. The first-order chi connectivity index (χ1) is 8.51. The molecule has 2 aromatic heterocycles. The summed E-state index contributed by atoms with van der Waals surface area (Å²) >= 11 is 1.48. The Morgan fingerprint density at radius 3 is 2.50 bits per heavy atom. The van der Waals surface area contributed by atoms with Crippen LogP contribution in [-0.2, 0) is 7.05 Å². The summed E-state index contributed by atoms with van der Waals surface area (Å²) in [5.74, 6) is 0. The fourth-order valence-corrected chi connectivity index (χ4v) is 2.89. The van der Waals surface area contributed by atoms with Crippen LogP contribution < -0.4 is 0 Å². The molecule has 0 spiro atoms. The van der Waals surface area contributed by atoms with Gasteiger partial charge in [0, 0.05) is 12.7 Å². The van der Waals surface area contributed by atoms with Crippen LogP contribution in [0, 0.1) is 32.1 Å². The molecular formula is C13H14N4S. The van der Waals surface area contributed by atoms with E-state index in [4.69, 9.17) is 0 Å². The molecule has 0 aliphatic carbocycles. The molecule has 0 atom stereocenters. The average Bonchev–Trinajstić information content (AvgIpc) is 2.57. The van der Waals surface area contributed by atoms with Crippen LogP contribution in [0.1, 0.15) is 22.5 Å². The summed E-state index contributed by atoms with van der Waals surface area (Å²) < 4.78 is 1.81. The van der Waals surface area contributed by atoms with Gasteiger partial charge in [-0.15, -0.1) is 0 Å². The van der Waals surface area contributed by atoms with Crippen molar-refractivity contribution >= 4 is 11.8 Å². The smallest absolute Gasteiger partial charge is 0.121 e. The first-order valence-corrected chi connectivity index (χ1v) is 6.39. The van der Waals surface area contributed by atoms with Crippen LogP contribution in [0.15, 0.2) is 22.2 Å². The maximum absolute atomic E-state index is 9.22. The van der Waals surface area contributed by atoms with E-state index in [0.717, 1.165) is 27.0 Å². The summed E-state index contributed by atoms with van der Waals surface area (Å²) in [4.78, 5) is 4.45. The lowest BCUT2D eigenvalue weighted by atomic mass is 10.1. The lowest BCUT2D eigenvalue weighted by molar-refractivity contribution is 0.692. The zero-order valence-electron chi connectivity index (χ0n) is 10.9. The molecule has 5 heteroatoms. The summed E-state index contributed by atoms with van der Waals surface area (Å²) in [5.41, 5.74) is 3.49. The van der Waals surface area contributed by atoms with E-state index >= 15 is 0 Å². The van der Waals surface area contributed by atoms with Gasteiger partial charge in [-0.2, -0.15) is 10.4 Å². The van der Waals surface area contributed by atoms with Gasteiger partial charge in [0.25, 0.3) is 0 Å². The van der Waals surface area contributed by atoms with Gasteiger partial charge in [-0.25, -0.2) is 4.98 Å². The van der Waals surface area contributed by atoms with Gasteiger partial charge in [-0.1, -0.05) is 0 Å². The summed E-state index contributed by atoms with van der Waals surface area (Å²) in [6.45, 7) is 5.82. The lowest BCUT2D eigenvalue weighted by Gasteiger charge is -2.07. The van der Waals surface area contributed by atoms with Crippen LogP contribution in [0.5, 0.6) is 0 Å². The van der Waals surface area contributed by atoms with E-state index in [1.807, 2.05) is 40.0 Å². The topological polar surface area (TPSA) is 54.5 Å². The number of nitriles is 1. The van der Waals surface area contributed by atoms with Crippen LogP contribution in [0.3, 0.4) is 0 Å². The Hall–Kier alpha value is -1.80. The van der Waals surface area contributed by atoms with Gasteiger partial charge in [0.15, 0.2) is 0 Å². The third kappa shape index (κ3) is 2.39. The maximum Gasteiger partial charge on any atom is 0.121 e. The minimum absolute atomic E-state index is 0.643. The second kappa shape index (κ2) is 4.83. The molecular weight excluding hydrogens is 244 g/mol. The Morgan fingerprint density at radius 2 is 1.94 bits per heavy atom. The molecule has 0 saturated heterocycles. The molecule has 0 aromatic carbocycles. The molecule has 0 saturated carbocycles. The Balaban J connectivity index is 2.46. The van der Waals surface area contributed by atoms with Gasteiger partial charge in [0.05, 0.1) is 11.3 Å². The molecule has 92 valence electrons. The number of hydrogen-bond acceptors (Lipinski definition) is 4. The predicted octanol–water partition coefficient (Wildman–Crippen LogP) is 2.76. The molecule has 0 fully saturated rings. The number of hydrogen-bond donors (Lipinski definition) is 0. The highest BCUT2D eigenvalue weighted by Gasteiger charge is 2.12. The van der Waals surface area contributed by atoms with Crippen molar-refractivity contribution in [3.05, 3.63) is 34.6 Å². The van der Waals surface area contributed by atoms with Crippen LogP contribution in [0.2, 0.25) is 0 Å². The van der Waals surface area contributed by atoms with Crippen molar-refractivity contribution in [1.29, 1.82) is 5.26 Å². The minimum atomic E-state index is 0.643. The molecule has 0 unspecified atom stereocenters. The largest absolute Gasteiger partial charge is 0.261 e. The molecule has 4 nitrogen and oxygen atoms in total. The van der Waals surface area contributed by atoms with Crippen molar-refractivity contribution in [2.75, 3.05) is 0 Å². The van der Waals surface area contributed by atoms with Crippen LogP contribution >= 0.6 is 11.8 Å². The van der Waals surface area contributed by atoms with Crippen molar-refractivity contribution in [3.63, 3.8) is 0 Å². The van der Waals surface area contributed by atoms with Crippen molar-refractivity contribution in [2.24, 2.45) is 7.05 Å². The fourth-order valence-electron chi connectivity index (χ4n) is 1.79. The van der Waals surface area contributed by atoms with Crippen molar-refractivity contribution in [2.45, 2.75) is 30.8 Å². The van der Waals surface area contributed by atoms with Crippen LogP contribution in [0.25, 0.3) is 0 Å². The molecule has 0 aliphatic rings. The van der Waals surface area contributed by atoms with Gasteiger partial charge in [-0.3, -0.25) is 4.68 Å². The number of aromatic nitrogens is 3. The Kier molecular flexibility index (Phi) is 3.39. The van der Waals surface area contributed by atoms with Gasteiger partial charge in [0.1, 0.15) is 16.1 Å². The van der Waals surface area contributed by atoms with Gasteiger partial charge in [0.2, 0.25) is 0 Å². The highest BCUT2D eigenvalue weighted by molar-refractivity contribution is 7.99. The average molecular weight is 258 g/mol. The predicted molar refractivity (Wildman–Crippen MR) is 70.5 cm³/mol. The molecule has 0 radical (unpaired) electrons. The molecule has 0 N–H and O–H groups in total. The van der Waals surface area contributed by atoms with Gasteiger partial charge in [-0.05, 0) is 50.2 Å². The zero-order valence-corrected chi connectivity index (χ0v) is 11.7. The molecule has 2 aromatic rings. The van der Waals surface area contributed by atoms with E-state index in [2.05, 4.69) is 16.2 Å². The monoisotopic (exact) mass is 258 g/mol. The SMILES string of the molecule is Cc1cc(C)c(C#N)c(Sc2cc(C)nn2C)n1.